The van der Waals surface area contributed by atoms with Crippen LogP contribution in [0.3, 0.4) is 0 Å². The zero-order valence-corrected chi connectivity index (χ0v) is 15.0. The van der Waals surface area contributed by atoms with Gasteiger partial charge in [-0.05, 0) is 61.8 Å². The summed E-state index contributed by atoms with van der Waals surface area (Å²) < 4.78 is 1.88. The summed E-state index contributed by atoms with van der Waals surface area (Å²) in [7, 11) is 0. The highest BCUT2D eigenvalue weighted by molar-refractivity contribution is 6.30. The molecule has 0 radical (unpaired) electrons. The highest BCUT2D eigenvalue weighted by Gasteiger charge is 2.45. The number of hydrogen-bond acceptors (Lipinski definition) is 3. The minimum absolute atomic E-state index is 0.0136. The molecule has 3 aromatic rings. The fourth-order valence-corrected chi connectivity index (χ4v) is 4.50. The minimum Gasteiger partial charge on any atom is -0.317 e. The van der Waals surface area contributed by atoms with E-state index in [-0.39, 0.29) is 11.3 Å². The SMILES string of the molecule is O=C(c1cn2ccccc2n1)N1CC2(CCNCC2)c2cc(Cl)ccc21. The van der Waals surface area contributed by atoms with Gasteiger partial charge in [0.2, 0.25) is 0 Å². The predicted molar refractivity (Wildman–Crippen MR) is 102 cm³/mol. The zero-order valence-electron chi connectivity index (χ0n) is 14.3. The number of carbonyl (C=O) groups is 1. The summed E-state index contributed by atoms with van der Waals surface area (Å²) in [5.74, 6) is -0.0484. The quantitative estimate of drug-likeness (QED) is 0.719. The molecule has 5 rings (SSSR count). The van der Waals surface area contributed by atoms with Crippen LogP contribution in [0.2, 0.25) is 5.02 Å². The average Bonchev–Trinajstić information content (AvgIpc) is 3.22. The van der Waals surface area contributed by atoms with Crippen LogP contribution in [0.1, 0.15) is 28.9 Å². The summed E-state index contributed by atoms with van der Waals surface area (Å²) >= 11 is 6.29. The summed E-state index contributed by atoms with van der Waals surface area (Å²) in [5.41, 5.74) is 3.41. The molecule has 1 spiro atoms. The smallest absolute Gasteiger partial charge is 0.278 e. The lowest BCUT2D eigenvalue weighted by atomic mass is 9.75. The maximum Gasteiger partial charge on any atom is 0.278 e. The van der Waals surface area contributed by atoms with E-state index in [0.717, 1.165) is 42.3 Å². The van der Waals surface area contributed by atoms with Crippen molar-refractivity contribution in [2.45, 2.75) is 18.3 Å². The Labute approximate surface area is 156 Å². The van der Waals surface area contributed by atoms with Crippen molar-refractivity contribution in [2.24, 2.45) is 0 Å². The van der Waals surface area contributed by atoms with Crippen molar-refractivity contribution in [3.05, 3.63) is 65.1 Å². The van der Waals surface area contributed by atoms with Gasteiger partial charge in [-0.1, -0.05) is 17.7 Å². The summed E-state index contributed by atoms with van der Waals surface area (Å²) in [6.07, 6.45) is 5.73. The number of nitrogens with one attached hydrogen (secondary N) is 1. The molecule has 0 bridgehead atoms. The van der Waals surface area contributed by atoms with Crippen LogP contribution in [-0.4, -0.2) is 34.9 Å². The molecule has 0 aliphatic carbocycles. The van der Waals surface area contributed by atoms with E-state index in [1.807, 2.05) is 51.9 Å². The molecule has 5 nitrogen and oxygen atoms in total. The van der Waals surface area contributed by atoms with E-state index in [2.05, 4.69) is 10.3 Å². The number of halogens is 1. The van der Waals surface area contributed by atoms with Crippen LogP contribution in [0.4, 0.5) is 5.69 Å². The van der Waals surface area contributed by atoms with Crippen LogP contribution >= 0.6 is 11.6 Å². The van der Waals surface area contributed by atoms with E-state index >= 15 is 0 Å². The number of amides is 1. The maximum absolute atomic E-state index is 13.3. The number of anilines is 1. The van der Waals surface area contributed by atoms with Gasteiger partial charge in [0.05, 0.1) is 0 Å². The molecule has 1 N–H and O–H groups in total. The molecule has 2 aliphatic heterocycles. The van der Waals surface area contributed by atoms with E-state index in [1.54, 1.807) is 6.20 Å². The number of nitrogens with zero attached hydrogens (tertiary/aromatic N) is 3. The molecule has 0 atom stereocenters. The monoisotopic (exact) mass is 366 g/mol. The zero-order chi connectivity index (χ0) is 17.7. The van der Waals surface area contributed by atoms with E-state index in [0.29, 0.717) is 12.2 Å². The van der Waals surface area contributed by atoms with E-state index in [1.165, 1.54) is 5.56 Å². The average molecular weight is 367 g/mol. The van der Waals surface area contributed by atoms with Gasteiger partial charge in [0, 0.05) is 35.1 Å². The molecule has 26 heavy (non-hydrogen) atoms. The molecule has 2 aliphatic rings. The van der Waals surface area contributed by atoms with E-state index < -0.39 is 0 Å². The van der Waals surface area contributed by atoms with Gasteiger partial charge in [-0.25, -0.2) is 4.98 Å². The molecular weight excluding hydrogens is 348 g/mol. The normalized spacial score (nSPS) is 18.4. The fraction of sp³-hybridized carbons (Fsp3) is 0.300. The van der Waals surface area contributed by atoms with Crippen molar-refractivity contribution in [1.29, 1.82) is 0 Å². The van der Waals surface area contributed by atoms with Crippen molar-refractivity contribution in [3.63, 3.8) is 0 Å². The maximum atomic E-state index is 13.3. The molecule has 1 saturated heterocycles. The third-order valence-electron chi connectivity index (χ3n) is 5.67. The van der Waals surface area contributed by atoms with Gasteiger partial charge in [0.25, 0.3) is 5.91 Å². The van der Waals surface area contributed by atoms with Gasteiger partial charge in [-0.3, -0.25) is 4.79 Å². The Morgan fingerprint density at radius 1 is 1.19 bits per heavy atom. The van der Waals surface area contributed by atoms with Crippen LogP contribution in [0.25, 0.3) is 5.65 Å². The third kappa shape index (κ3) is 2.35. The van der Waals surface area contributed by atoms with Crippen molar-refractivity contribution in [3.8, 4) is 0 Å². The van der Waals surface area contributed by atoms with Crippen molar-refractivity contribution in [2.75, 3.05) is 24.5 Å². The molecule has 1 amide bonds. The van der Waals surface area contributed by atoms with Crippen LogP contribution in [0.5, 0.6) is 0 Å². The van der Waals surface area contributed by atoms with Crippen molar-refractivity contribution in [1.82, 2.24) is 14.7 Å². The van der Waals surface area contributed by atoms with Gasteiger partial charge < -0.3 is 14.6 Å². The number of pyridine rings is 1. The third-order valence-corrected chi connectivity index (χ3v) is 5.91. The molecule has 1 aromatic carbocycles. The number of carbonyl (C=O) groups excluding carboxylic acids is 1. The predicted octanol–water partition coefficient (Wildman–Crippen LogP) is 3.27. The highest BCUT2D eigenvalue weighted by Crippen LogP contribution is 2.47. The number of imidazole rings is 1. The summed E-state index contributed by atoms with van der Waals surface area (Å²) in [6.45, 7) is 2.61. The summed E-state index contributed by atoms with van der Waals surface area (Å²) in [4.78, 5) is 19.7. The Hall–Kier alpha value is -2.37. The topological polar surface area (TPSA) is 49.6 Å². The van der Waals surface area contributed by atoms with E-state index in [4.69, 9.17) is 11.6 Å². The first kappa shape index (κ1) is 15.9. The molecule has 1 fully saturated rings. The first-order chi connectivity index (χ1) is 12.7. The number of fused-ring (bicyclic) bond motifs is 3. The second kappa shape index (κ2) is 5.83. The van der Waals surface area contributed by atoms with Gasteiger partial charge in [0.15, 0.2) is 0 Å². The highest BCUT2D eigenvalue weighted by atomic mass is 35.5. The second-order valence-electron chi connectivity index (χ2n) is 7.18. The number of piperidine rings is 1. The summed E-state index contributed by atoms with van der Waals surface area (Å²) in [6, 6.07) is 11.6. The molecule has 6 heteroatoms. The second-order valence-corrected chi connectivity index (χ2v) is 7.61. The number of hydrogen-bond donors (Lipinski definition) is 1. The number of benzene rings is 1. The van der Waals surface area contributed by atoms with Crippen LogP contribution < -0.4 is 10.2 Å². The molecule has 2 aromatic heterocycles. The Morgan fingerprint density at radius 3 is 2.85 bits per heavy atom. The number of aromatic nitrogens is 2. The lowest BCUT2D eigenvalue weighted by Crippen LogP contribution is -2.44. The lowest BCUT2D eigenvalue weighted by Gasteiger charge is -2.34. The molecule has 4 heterocycles. The van der Waals surface area contributed by atoms with Crippen molar-refractivity contribution >= 4 is 28.8 Å². The van der Waals surface area contributed by atoms with Gasteiger partial charge in [-0.15, -0.1) is 0 Å². The first-order valence-electron chi connectivity index (χ1n) is 8.93. The molecule has 132 valence electrons. The first-order valence-corrected chi connectivity index (χ1v) is 9.30. The lowest BCUT2D eigenvalue weighted by molar-refractivity contribution is 0.0978. The van der Waals surface area contributed by atoms with Gasteiger partial charge in [0.1, 0.15) is 11.3 Å². The Morgan fingerprint density at radius 2 is 2.04 bits per heavy atom. The Balaban J connectivity index is 1.58. The molecule has 0 saturated carbocycles. The fourth-order valence-electron chi connectivity index (χ4n) is 4.33. The number of rotatable bonds is 1. The Bertz CT molecular complexity index is 973. The van der Waals surface area contributed by atoms with Crippen molar-refractivity contribution < 1.29 is 4.79 Å². The van der Waals surface area contributed by atoms with E-state index in [9.17, 15) is 4.79 Å². The van der Waals surface area contributed by atoms with Crippen LogP contribution in [-0.2, 0) is 5.41 Å². The summed E-state index contributed by atoms with van der Waals surface area (Å²) in [5, 5.41) is 4.15. The minimum atomic E-state index is -0.0484. The standard InChI is InChI=1S/C20H19ClN4O/c21-14-4-5-17-15(11-14)20(6-8-22-9-7-20)13-25(17)19(26)16-12-24-10-2-1-3-18(24)23-16/h1-5,10-12,22H,6-9,13H2. The largest absolute Gasteiger partial charge is 0.317 e. The Kier molecular flexibility index (Phi) is 3.55. The molecule has 0 unspecified atom stereocenters. The van der Waals surface area contributed by atoms with Crippen LogP contribution in [0.15, 0.2) is 48.8 Å². The van der Waals surface area contributed by atoms with Crippen LogP contribution in [0, 0.1) is 0 Å². The van der Waals surface area contributed by atoms with Gasteiger partial charge in [-0.2, -0.15) is 0 Å². The van der Waals surface area contributed by atoms with Gasteiger partial charge >= 0.3 is 0 Å². The molecular formula is C20H19ClN4O.